The highest BCUT2D eigenvalue weighted by Crippen LogP contribution is 2.16. The van der Waals surface area contributed by atoms with Crippen LogP contribution in [-0.2, 0) is 26.7 Å². The van der Waals surface area contributed by atoms with Crippen LogP contribution in [0.25, 0.3) is 0 Å². The Bertz CT molecular complexity index is 305. The van der Waals surface area contributed by atoms with Gasteiger partial charge in [0.2, 0.25) is 0 Å². The van der Waals surface area contributed by atoms with Gasteiger partial charge in [-0.3, -0.25) is 0 Å². The van der Waals surface area contributed by atoms with Gasteiger partial charge in [-0.05, 0) is 6.42 Å². The molecule has 1 rings (SSSR count). The molecular weight excluding hydrogens is 224 g/mol. The summed E-state index contributed by atoms with van der Waals surface area (Å²) in [5.41, 5.74) is 0. The smallest absolute Gasteiger partial charge is 0.377 e. The molecule has 0 saturated carbocycles. The molecule has 0 N–H and O–H groups in total. The first-order chi connectivity index (χ1) is 7.67. The molecule has 6 heteroatoms. The lowest BCUT2D eigenvalue weighted by molar-refractivity contribution is 0.123. The van der Waals surface area contributed by atoms with Crippen molar-refractivity contribution in [3.63, 3.8) is 0 Å². The van der Waals surface area contributed by atoms with E-state index in [1.807, 2.05) is 24.0 Å². The molecule has 0 atom stereocenters. The van der Waals surface area contributed by atoms with E-state index in [0.29, 0.717) is 0 Å². The second-order valence-corrected chi connectivity index (χ2v) is 6.69. The monoisotopic (exact) mass is 244 g/mol. The van der Waals surface area contributed by atoms with Crippen LogP contribution in [0, 0.1) is 0 Å². The maximum absolute atomic E-state index is 5.35. The topological polar surface area (TPSA) is 45.5 Å². The Balaban J connectivity index is 2.42. The zero-order valence-corrected chi connectivity index (χ0v) is 11.4. The normalized spacial score (nSPS) is 12.0. The van der Waals surface area contributed by atoms with E-state index in [0.717, 1.165) is 24.7 Å². The summed E-state index contributed by atoms with van der Waals surface area (Å²) >= 11 is 0. The van der Waals surface area contributed by atoms with Crippen LogP contribution in [0.3, 0.4) is 0 Å². The number of hydrogen-bond donors (Lipinski definition) is 0. The van der Waals surface area contributed by atoms with Crippen molar-refractivity contribution in [3.8, 4) is 0 Å². The third-order valence-corrected chi connectivity index (χ3v) is 5.57. The van der Waals surface area contributed by atoms with Crippen molar-refractivity contribution in [2.24, 2.45) is 7.05 Å². The molecule has 0 aromatic carbocycles. The van der Waals surface area contributed by atoms with Crippen molar-refractivity contribution in [1.82, 2.24) is 9.55 Å². The van der Waals surface area contributed by atoms with Crippen LogP contribution in [-0.4, -0.2) is 39.7 Å². The highest BCUT2D eigenvalue weighted by Gasteiger charge is 2.36. The molecule has 0 amide bonds. The Morgan fingerprint density at radius 1 is 1.25 bits per heavy atom. The van der Waals surface area contributed by atoms with Crippen molar-refractivity contribution in [2.75, 3.05) is 21.3 Å². The van der Waals surface area contributed by atoms with Crippen LogP contribution in [0.15, 0.2) is 12.4 Å². The van der Waals surface area contributed by atoms with Crippen molar-refractivity contribution in [3.05, 3.63) is 18.2 Å². The molecule has 16 heavy (non-hydrogen) atoms. The highest BCUT2D eigenvalue weighted by molar-refractivity contribution is 6.60. The molecule has 0 aliphatic heterocycles. The molecule has 0 bridgehead atoms. The Hall–Kier alpha value is -0.693. The van der Waals surface area contributed by atoms with Crippen LogP contribution in [0.2, 0.25) is 6.04 Å². The molecule has 5 nitrogen and oxygen atoms in total. The zero-order valence-electron chi connectivity index (χ0n) is 10.4. The number of aromatic nitrogens is 2. The van der Waals surface area contributed by atoms with Gasteiger partial charge in [-0.2, -0.15) is 0 Å². The number of imidazole rings is 1. The maximum Gasteiger partial charge on any atom is 0.500 e. The summed E-state index contributed by atoms with van der Waals surface area (Å²) in [7, 11) is 4.51. The maximum atomic E-state index is 5.35. The minimum absolute atomic E-state index is 0.809. The minimum Gasteiger partial charge on any atom is -0.377 e. The van der Waals surface area contributed by atoms with E-state index in [4.69, 9.17) is 13.3 Å². The van der Waals surface area contributed by atoms with E-state index in [9.17, 15) is 0 Å². The van der Waals surface area contributed by atoms with E-state index < -0.39 is 8.80 Å². The van der Waals surface area contributed by atoms with Gasteiger partial charge in [-0.25, -0.2) is 4.98 Å². The minimum atomic E-state index is -2.41. The number of nitrogens with zero attached hydrogens (tertiary/aromatic N) is 2. The van der Waals surface area contributed by atoms with E-state index in [1.54, 1.807) is 21.3 Å². The third kappa shape index (κ3) is 3.15. The van der Waals surface area contributed by atoms with E-state index in [2.05, 4.69) is 4.98 Å². The van der Waals surface area contributed by atoms with Crippen LogP contribution in [0.5, 0.6) is 0 Å². The molecule has 0 aliphatic rings. The summed E-state index contributed by atoms with van der Waals surface area (Å²) in [5, 5.41) is 0. The van der Waals surface area contributed by atoms with Gasteiger partial charge in [0.05, 0.1) is 0 Å². The summed E-state index contributed by atoms with van der Waals surface area (Å²) in [6.45, 7) is 0. The summed E-state index contributed by atoms with van der Waals surface area (Å²) in [6.07, 6.45) is 5.62. The van der Waals surface area contributed by atoms with Crippen LogP contribution < -0.4 is 0 Å². The molecule has 0 radical (unpaired) electrons. The molecule has 0 saturated heterocycles. The van der Waals surface area contributed by atoms with Gasteiger partial charge in [0.15, 0.2) is 0 Å². The Kier molecular flexibility index (Phi) is 5.13. The Labute approximate surface area is 97.7 Å². The summed E-state index contributed by atoms with van der Waals surface area (Å²) in [5.74, 6) is 1.08. The van der Waals surface area contributed by atoms with Crippen molar-refractivity contribution < 1.29 is 13.3 Å². The summed E-state index contributed by atoms with van der Waals surface area (Å²) < 4.78 is 18.1. The number of aryl methyl sites for hydroxylation is 2. The molecular formula is C10H20N2O3Si. The van der Waals surface area contributed by atoms with Crippen LogP contribution >= 0.6 is 0 Å². The largest absolute Gasteiger partial charge is 0.500 e. The molecule has 1 aromatic rings. The predicted octanol–water partition coefficient (Wildman–Crippen LogP) is 1.23. The fourth-order valence-corrected chi connectivity index (χ4v) is 3.38. The average molecular weight is 244 g/mol. The fourth-order valence-electron chi connectivity index (χ4n) is 1.66. The Morgan fingerprint density at radius 2 is 1.88 bits per heavy atom. The molecule has 1 aromatic heterocycles. The first-order valence-electron chi connectivity index (χ1n) is 5.29. The predicted molar refractivity (Wildman–Crippen MR) is 63.1 cm³/mol. The number of rotatable bonds is 7. The molecule has 0 unspecified atom stereocenters. The van der Waals surface area contributed by atoms with Gasteiger partial charge >= 0.3 is 8.80 Å². The van der Waals surface area contributed by atoms with Crippen LogP contribution in [0.1, 0.15) is 12.2 Å². The van der Waals surface area contributed by atoms with Crippen LogP contribution in [0.4, 0.5) is 0 Å². The lowest BCUT2D eigenvalue weighted by atomic mass is 10.3. The van der Waals surface area contributed by atoms with Gasteiger partial charge in [-0.1, -0.05) is 0 Å². The van der Waals surface area contributed by atoms with E-state index >= 15 is 0 Å². The number of hydrogen-bond acceptors (Lipinski definition) is 4. The standard InChI is InChI=1S/C10H20N2O3Si/c1-12-8-7-11-10(12)6-5-9-16(13-2,14-3)15-4/h7-8H,5-6,9H2,1-4H3. The SMILES string of the molecule is CO[Si](CCCc1nccn1C)(OC)OC. The highest BCUT2D eigenvalue weighted by atomic mass is 28.4. The van der Waals surface area contributed by atoms with Gasteiger partial charge < -0.3 is 17.8 Å². The lowest BCUT2D eigenvalue weighted by Gasteiger charge is -2.24. The van der Waals surface area contributed by atoms with Gasteiger partial charge in [-0.15, -0.1) is 0 Å². The molecule has 0 aliphatic carbocycles. The van der Waals surface area contributed by atoms with Crippen molar-refractivity contribution in [1.29, 1.82) is 0 Å². The quantitative estimate of drug-likeness (QED) is 0.677. The molecule has 92 valence electrons. The fraction of sp³-hybridized carbons (Fsp3) is 0.700. The molecule has 0 spiro atoms. The second kappa shape index (κ2) is 6.14. The van der Waals surface area contributed by atoms with Gasteiger partial charge in [0.1, 0.15) is 5.82 Å². The molecule has 0 fully saturated rings. The zero-order chi connectivity index (χ0) is 12.0. The average Bonchev–Trinajstić information content (AvgIpc) is 2.71. The first kappa shape index (κ1) is 13.4. The lowest BCUT2D eigenvalue weighted by Crippen LogP contribution is -2.42. The van der Waals surface area contributed by atoms with Crippen molar-refractivity contribution in [2.45, 2.75) is 18.9 Å². The summed E-state index contributed by atoms with van der Waals surface area (Å²) in [4.78, 5) is 4.27. The van der Waals surface area contributed by atoms with Gasteiger partial charge in [0.25, 0.3) is 0 Å². The van der Waals surface area contributed by atoms with E-state index in [-0.39, 0.29) is 0 Å². The summed E-state index contributed by atoms with van der Waals surface area (Å²) in [6, 6.07) is 0.809. The molecule has 1 heterocycles. The van der Waals surface area contributed by atoms with E-state index in [1.165, 1.54) is 0 Å². The third-order valence-electron chi connectivity index (χ3n) is 2.74. The van der Waals surface area contributed by atoms with Gasteiger partial charge in [0, 0.05) is 53.2 Å². The second-order valence-electron chi connectivity index (χ2n) is 3.60. The first-order valence-corrected chi connectivity index (χ1v) is 7.22. The Morgan fingerprint density at radius 3 is 2.31 bits per heavy atom. The van der Waals surface area contributed by atoms with Crippen molar-refractivity contribution >= 4 is 8.80 Å².